The Balaban J connectivity index is 1.79. The van der Waals surface area contributed by atoms with Crippen molar-refractivity contribution in [2.24, 2.45) is 0 Å². The van der Waals surface area contributed by atoms with E-state index < -0.39 is 0 Å². The van der Waals surface area contributed by atoms with Gasteiger partial charge < -0.3 is 19.6 Å². The van der Waals surface area contributed by atoms with Crippen LogP contribution in [0.4, 0.5) is 0 Å². The van der Waals surface area contributed by atoms with Crippen LogP contribution in [-0.2, 0) is 22.7 Å². The summed E-state index contributed by atoms with van der Waals surface area (Å²) in [5.41, 5.74) is 1.65. The van der Waals surface area contributed by atoms with Crippen LogP contribution in [0.5, 0.6) is 0 Å². The predicted molar refractivity (Wildman–Crippen MR) is 102 cm³/mol. The molecule has 0 spiro atoms. The van der Waals surface area contributed by atoms with Crippen molar-refractivity contribution in [2.45, 2.75) is 45.8 Å². The van der Waals surface area contributed by atoms with Gasteiger partial charge in [-0.05, 0) is 37.6 Å². The Kier molecular flexibility index (Phi) is 5.90. The van der Waals surface area contributed by atoms with Crippen molar-refractivity contribution in [1.29, 1.82) is 0 Å². The second kappa shape index (κ2) is 8.53. The minimum atomic E-state index is -0.297. The number of amides is 2. The molecule has 2 aromatic heterocycles. The SMILES string of the molecule is CCCC(=O)NC(C)c1nc2ccccc2n1CC(=O)NCc1ccco1. The number of fused-ring (bicyclic) bond motifs is 1. The van der Waals surface area contributed by atoms with E-state index in [0.717, 1.165) is 17.5 Å². The van der Waals surface area contributed by atoms with Crippen molar-refractivity contribution in [1.82, 2.24) is 20.2 Å². The third-order valence-corrected chi connectivity index (χ3v) is 4.27. The number of imidazole rings is 1. The first-order valence-electron chi connectivity index (χ1n) is 9.12. The zero-order valence-electron chi connectivity index (χ0n) is 15.6. The fourth-order valence-corrected chi connectivity index (χ4v) is 2.99. The number of carbonyl (C=O) groups is 2. The van der Waals surface area contributed by atoms with Gasteiger partial charge in [-0.1, -0.05) is 19.1 Å². The van der Waals surface area contributed by atoms with Gasteiger partial charge in [0.05, 0.1) is 29.9 Å². The van der Waals surface area contributed by atoms with E-state index in [1.165, 1.54) is 0 Å². The van der Waals surface area contributed by atoms with Gasteiger partial charge in [-0.25, -0.2) is 4.98 Å². The fraction of sp³-hybridized carbons (Fsp3) is 0.350. The van der Waals surface area contributed by atoms with Crippen molar-refractivity contribution in [3.8, 4) is 0 Å². The molecule has 0 saturated heterocycles. The molecule has 0 aliphatic carbocycles. The second-order valence-corrected chi connectivity index (χ2v) is 6.44. The zero-order chi connectivity index (χ0) is 19.2. The molecule has 2 heterocycles. The highest BCUT2D eigenvalue weighted by Gasteiger charge is 2.19. The number of nitrogens with zero attached hydrogens (tertiary/aromatic N) is 2. The molecule has 1 aromatic carbocycles. The van der Waals surface area contributed by atoms with Crippen molar-refractivity contribution in [3.63, 3.8) is 0 Å². The van der Waals surface area contributed by atoms with E-state index in [4.69, 9.17) is 4.42 Å². The lowest BCUT2D eigenvalue weighted by Gasteiger charge is -2.16. The van der Waals surface area contributed by atoms with Crippen molar-refractivity contribution < 1.29 is 14.0 Å². The minimum absolute atomic E-state index is 0.0223. The summed E-state index contributed by atoms with van der Waals surface area (Å²) in [5, 5.41) is 5.80. The number of furan rings is 1. The van der Waals surface area contributed by atoms with Crippen LogP contribution in [0.15, 0.2) is 47.1 Å². The average Bonchev–Trinajstić information content (AvgIpc) is 3.28. The van der Waals surface area contributed by atoms with Crippen LogP contribution in [0.1, 0.15) is 44.3 Å². The van der Waals surface area contributed by atoms with Crippen LogP contribution in [-0.4, -0.2) is 21.4 Å². The summed E-state index contributed by atoms with van der Waals surface area (Å²) in [6.45, 7) is 4.29. The summed E-state index contributed by atoms with van der Waals surface area (Å²) in [6.07, 6.45) is 2.82. The molecule has 7 heteroatoms. The molecule has 3 rings (SSSR count). The van der Waals surface area contributed by atoms with Gasteiger partial charge in [0.15, 0.2) is 0 Å². The average molecular weight is 368 g/mol. The molecule has 0 aliphatic rings. The van der Waals surface area contributed by atoms with Crippen LogP contribution in [0.25, 0.3) is 11.0 Å². The Labute approximate surface area is 157 Å². The molecule has 0 radical (unpaired) electrons. The quantitative estimate of drug-likeness (QED) is 0.640. The lowest BCUT2D eigenvalue weighted by Crippen LogP contribution is -2.31. The van der Waals surface area contributed by atoms with Crippen LogP contribution >= 0.6 is 0 Å². The molecule has 7 nitrogen and oxygen atoms in total. The number of aromatic nitrogens is 2. The largest absolute Gasteiger partial charge is 0.467 e. The van der Waals surface area contributed by atoms with Crippen LogP contribution in [0, 0.1) is 0 Å². The van der Waals surface area contributed by atoms with E-state index in [9.17, 15) is 9.59 Å². The smallest absolute Gasteiger partial charge is 0.240 e. The summed E-state index contributed by atoms with van der Waals surface area (Å²) in [6, 6.07) is 10.9. The number of para-hydroxylation sites is 2. The van der Waals surface area contributed by atoms with Crippen molar-refractivity contribution in [3.05, 3.63) is 54.2 Å². The summed E-state index contributed by atoms with van der Waals surface area (Å²) >= 11 is 0. The summed E-state index contributed by atoms with van der Waals surface area (Å²) < 4.78 is 7.09. The maximum atomic E-state index is 12.5. The van der Waals surface area contributed by atoms with Gasteiger partial charge in [0.1, 0.15) is 18.1 Å². The highest BCUT2D eigenvalue weighted by molar-refractivity contribution is 5.81. The number of hydrogen-bond donors (Lipinski definition) is 2. The molecule has 2 N–H and O–H groups in total. The minimum Gasteiger partial charge on any atom is -0.467 e. The van der Waals surface area contributed by atoms with E-state index in [-0.39, 0.29) is 24.4 Å². The predicted octanol–water partition coefficient (Wildman–Crippen LogP) is 2.92. The van der Waals surface area contributed by atoms with Crippen LogP contribution in [0.3, 0.4) is 0 Å². The Bertz CT molecular complexity index is 915. The Morgan fingerprint density at radius 1 is 1.19 bits per heavy atom. The van der Waals surface area contributed by atoms with Gasteiger partial charge >= 0.3 is 0 Å². The van der Waals surface area contributed by atoms with Gasteiger partial charge in [0.25, 0.3) is 0 Å². The van der Waals surface area contributed by atoms with Gasteiger partial charge in [-0.3, -0.25) is 9.59 Å². The number of nitrogens with one attached hydrogen (secondary N) is 2. The number of rotatable bonds is 8. The third-order valence-electron chi connectivity index (χ3n) is 4.27. The van der Waals surface area contributed by atoms with Gasteiger partial charge in [0, 0.05) is 6.42 Å². The molecule has 0 bridgehead atoms. The van der Waals surface area contributed by atoms with Crippen molar-refractivity contribution >= 4 is 22.8 Å². The lowest BCUT2D eigenvalue weighted by atomic mass is 10.2. The Hall–Kier alpha value is -3.09. The lowest BCUT2D eigenvalue weighted by molar-refractivity contribution is -0.122. The molecule has 142 valence electrons. The molecular weight excluding hydrogens is 344 g/mol. The maximum Gasteiger partial charge on any atom is 0.240 e. The van der Waals surface area contributed by atoms with E-state index in [2.05, 4.69) is 15.6 Å². The first-order valence-corrected chi connectivity index (χ1v) is 9.12. The summed E-state index contributed by atoms with van der Waals surface area (Å²) in [5.74, 6) is 1.18. The zero-order valence-corrected chi connectivity index (χ0v) is 15.6. The first kappa shape index (κ1) is 18.7. The Morgan fingerprint density at radius 3 is 2.74 bits per heavy atom. The fourth-order valence-electron chi connectivity index (χ4n) is 2.99. The topological polar surface area (TPSA) is 89.2 Å². The monoisotopic (exact) mass is 368 g/mol. The molecule has 1 atom stereocenters. The van der Waals surface area contributed by atoms with E-state index >= 15 is 0 Å². The molecule has 0 saturated carbocycles. The molecular formula is C20H24N4O3. The highest BCUT2D eigenvalue weighted by Crippen LogP contribution is 2.21. The highest BCUT2D eigenvalue weighted by atomic mass is 16.3. The molecule has 0 fully saturated rings. The van der Waals surface area contributed by atoms with Crippen LogP contribution in [0.2, 0.25) is 0 Å². The van der Waals surface area contributed by atoms with Gasteiger partial charge in [-0.2, -0.15) is 0 Å². The number of benzene rings is 1. The molecule has 1 unspecified atom stereocenters. The number of carbonyl (C=O) groups excluding carboxylic acids is 2. The standard InChI is InChI=1S/C20H24N4O3/c1-3-7-18(25)22-14(2)20-23-16-9-4-5-10-17(16)24(20)13-19(26)21-12-15-8-6-11-27-15/h4-6,8-11,14H,3,7,12-13H2,1-2H3,(H,21,26)(H,22,25). The first-order chi connectivity index (χ1) is 13.1. The second-order valence-electron chi connectivity index (χ2n) is 6.44. The van der Waals surface area contributed by atoms with E-state index in [0.29, 0.717) is 24.6 Å². The van der Waals surface area contributed by atoms with E-state index in [1.54, 1.807) is 12.3 Å². The van der Waals surface area contributed by atoms with Gasteiger partial charge in [0.2, 0.25) is 11.8 Å². The summed E-state index contributed by atoms with van der Waals surface area (Å²) in [4.78, 5) is 29.1. The maximum absolute atomic E-state index is 12.5. The normalized spacial score (nSPS) is 12.1. The van der Waals surface area contributed by atoms with E-state index in [1.807, 2.05) is 48.7 Å². The Morgan fingerprint density at radius 2 is 2.00 bits per heavy atom. The molecule has 3 aromatic rings. The molecule has 0 aliphatic heterocycles. The summed E-state index contributed by atoms with van der Waals surface area (Å²) in [7, 11) is 0. The van der Waals surface area contributed by atoms with Gasteiger partial charge in [-0.15, -0.1) is 0 Å². The third kappa shape index (κ3) is 4.55. The van der Waals surface area contributed by atoms with Crippen molar-refractivity contribution in [2.75, 3.05) is 0 Å². The van der Waals surface area contributed by atoms with Crippen LogP contribution < -0.4 is 10.6 Å². The molecule has 27 heavy (non-hydrogen) atoms. The number of hydrogen-bond acceptors (Lipinski definition) is 4. The molecule has 2 amide bonds.